The minimum atomic E-state index is 0. The zero-order valence-corrected chi connectivity index (χ0v) is 37.6. The van der Waals surface area contributed by atoms with E-state index in [1.54, 1.807) is 0 Å². The molecule has 0 aliphatic carbocycles. The summed E-state index contributed by atoms with van der Waals surface area (Å²) in [6.07, 6.45) is 43.0. The molecule has 0 atom stereocenters. The van der Waals surface area contributed by atoms with Crippen molar-refractivity contribution in [3.63, 3.8) is 0 Å². The predicted octanol–water partition coefficient (Wildman–Crippen LogP) is 17.9. The van der Waals surface area contributed by atoms with E-state index >= 15 is 0 Å². The number of rotatable bonds is 34. The molecular weight excluding hydrogens is 699 g/mol. The fraction of sp³-hybridized carbons (Fsp3) is 0.725. The van der Waals surface area contributed by atoms with Crippen molar-refractivity contribution < 1.29 is 16.5 Å². The van der Waals surface area contributed by atoms with Crippen LogP contribution in [0.25, 0.3) is 0 Å². The first kappa shape index (κ1) is 50.3. The van der Waals surface area contributed by atoms with Crippen molar-refractivity contribution in [1.82, 2.24) is 0 Å². The Balaban J connectivity index is 0.0000146. The Morgan fingerprint density at radius 2 is 0.593 bits per heavy atom. The fourth-order valence-corrected chi connectivity index (χ4v) is 7.56. The maximum Gasteiger partial charge on any atom is 0.0636 e. The molecule has 2 nitrogen and oxygen atoms in total. The van der Waals surface area contributed by atoms with E-state index in [1.165, 1.54) is 213 Å². The van der Waals surface area contributed by atoms with Gasteiger partial charge >= 0.3 is 0 Å². The van der Waals surface area contributed by atoms with Crippen LogP contribution in [0.5, 0.6) is 0 Å². The SMILES string of the molecule is CCCCCCCCCCCCCCCCCCCCCCCCCCCCCC(=N\c1ccc(C)c(C)c1)/C(CCCC)=N/c1ccc(C)c(C)c1.[Ni]. The molecule has 310 valence electrons. The summed E-state index contributed by atoms with van der Waals surface area (Å²) in [6, 6.07) is 13.2. The molecule has 0 unspecified atom stereocenters. The third-order valence-corrected chi connectivity index (χ3v) is 11.6. The second kappa shape index (κ2) is 34.5. The van der Waals surface area contributed by atoms with E-state index in [9.17, 15) is 0 Å². The molecule has 0 saturated carbocycles. The van der Waals surface area contributed by atoms with Gasteiger partial charge in [0.15, 0.2) is 0 Å². The topological polar surface area (TPSA) is 24.7 Å². The molecule has 0 aliphatic heterocycles. The summed E-state index contributed by atoms with van der Waals surface area (Å²) in [6.45, 7) is 13.3. The Morgan fingerprint density at radius 3 is 0.870 bits per heavy atom. The summed E-state index contributed by atoms with van der Waals surface area (Å²) >= 11 is 0. The minimum absolute atomic E-state index is 0. The van der Waals surface area contributed by atoms with E-state index < -0.39 is 0 Å². The monoisotopic (exact) mass is 785 g/mol. The van der Waals surface area contributed by atoms with Crippen molar-refractivity contribution in [2.45, 2.75) is 241 Å². The van der Waals surface area contributed by atoms with Crippen molar-refractivity contribution in [2.24, 2.45) is 9.98 Å². The molecule has 0 radical (unpaired) electrons. The summed E-state index contributed by atoms with van der Waals surface area (Å²) in [5.74, 6) is 0. The van der Waals surface area contributed by atoms with Gasteiger partial charge in [0.1, 0.15) is 0 Å². The van der Waals surface area contributed by atoms with Gasteiger partial charge < -0.3 is 0 Å². The average Bonchev–Trinajstić information content (AvgIpc) is 3.15. The number of aliphatic imine (C=N–C) groups is 2. The number of unbranched alkanes of at least 4 members (excludes halogenated alkanes) is 27. The largest absolute Gasteiger partial charge is 0.252 e. The summed E-state index contributed by atoms with van der Waals surface area (Å²) in [5.41, 5.74) is 9.77. The van der Waals surface area contributed by atoms with Gasteiger partial charge in [-0.1, -0.05) is 199 Å². The van der Waals surface area contributed by atoms with Crippen molar-refractivity contribution in [1.29, 1.82) is 0 Å². The predicted molar refractivity (Wildman–Crippen MR) is 240 cm³/mol. The van der Waals surface area contributed by atoms with Gasteiger partial charge in [-0.3, -0.25) is 9.98 Å². The zero-order valence-electron chi connectivity index (χ0n) is 36.6. The smallest absolute Gasteiger partial charge is 0.0636 e. The van der Waals surface area contributed by atoms with Crippen LogP contribution in [0.3, 0.4) is 0 Å². The van der Waals surface area contributed by atoms with Crippen LogP contribution in [0.1, 0.15) is 235 Å². The Bertz CT molecular complexity index is 1240. The van der Waals surface area contributed by atoms with Crippen LogP contribution in [0.2, 0.25) is 0 Å². The first-order valence-electron chi connectivity index (χ1n) is 23.2. The molecule has 2 aromatic rings. The normalized spacial score (nSPS) is 12.0. The van der Waals surface area contributed by atoms with Crippen molar-refractivity contribution in [3.05, 3.63) is 58.7 Å². The van der Waals surface area contributed by atoms with Gasteiger partial charge in [-0.25, -0.2) is 0 Å². The van der Waals surface area contributed by atoms with E-state index in [1.807, 2.05) is 0 Å². The molecule has 0 bridgehead atoms. The molecule has 0 heterocycles. The number of hydrogen-bond acceptors (Lipinski definition) is 2. The quantitative estimate of drug-likeness (QED) is 0.0384. The number of benzene rings is 2. The Kier molecular flexibility index (Phi) is 32.1. The van der Waals surface area contributed by atoms with Crippen LogP contribution in [0.15, 0.2) is 46.4 Å². The summed E-state index contributed by atoms with van der Waals surface area (Å²) in [4.78, 5) is 10.5. The van der Waals surface area contributed by atoms with Crippen LogP contribution < -0.4 is 0 Å². The molecule has 0 fully saturated rings. The molecule has 0 N–H and O–H groups in total. The third-order valence-electron chi connectivity index (χ3n) is 11.6. The maximum atomic E-state index is 5.27. The van der Waals surface area contributed by atoms with Crippen molar-refractivity contribution >= 4 is 22.8 Å². The summed E-state index contributed by atoms with van der Waals surface area (Å²) < 4.78 is 0. The molecule has 54 heavy (non-hydrogen) atoms. The van der Waals surface area contributed by atoms with E-state index in [4.69, 9.17) is 9.98 Å². The summed E-state index contributed by atoms with van der Waals surface area (Å²) in [7, 11) is 0. The number of aryl methyl sites for hydroxylation is 4. The van der Waals surface area contributed by atoms with E-state index in [0.29, 0.717) is 0 Å². The molecule has 2 rings (SSSR count). The van der Waals surface area contributed by atoms with Gasteiger partial charge in [0, 0.05) is 16.5 Å². The Labute approximate surface area is 347 Å². The maximum absolute atomic E-state index is 5.27. The number of nitrogens with zero attached hydrogens (tertiary/aromatic N) is 2. The average molecular weight is 786 g/mol. The van der Waals surface area contributed by atoms with Crippen LogP contribution in [0, 0.1) is 27.7 Å². The van der Waals surface area contributed by atoms with Crippen LogP contribution in [-0.2, 0) is 16.5 Å². The van der Waals surface area contributed by atoms with Crippen LogP contribution >= 0.6 is 0 Å². The minimum Gasteiger partial charge on any atom is -0.252 e. The molecule has 0 aromatic heterocycles. The van der Waals surface area contributed by atoms with Crippen molar-refractivity contribution in [2.75, 3.05) is 0 Å². The molecule has 0 spiro atoms. The van der Waals surface area contributed by atoms with Crippen LogP contribution in [0.4, 0.5) is 11.4 Å². The fourth-order valence-electron chi connectivity index (χ4n) is 7.56. The second-order valence-electron chi connectivity index (χ2n) is 16.7. The Morgan fingerprint density at radius 1 is 0.333 bits per heavy atom. The second-order valence-corrected chi connectivity index (χ2v) is 16.7. The first-order chi connectivity index (χ1) is 25.9. The van der Waals surface area contributed by atoms with Crippen LogP contribution in [-0.4, -0.2) is 11.4 Å². The molecule has 3 heteroatoms. The van der Waals surface area contributed by atoms with Gasteiger partial charge in [-0.2, -0.15) is 0 Å². The summed E-state index contributed by atoms with van der Waals surface area (Å²) in [5, 5.41) is 0. The van der Waals surface area contributed by atoms with E-state index in [2.05, 4.69) is 77.9 Å². The van der Waals surface area contributed by atoms with E-state index in [0.717, 1.165) is 30.6 Å². The van der Waals surface area contributed by atoms with Gasteiger partial charge in [0.05, 0.1) is 22.8 Å². The standard InChI is InChI=1S/C51H86N2.Ni/c1-7-9-11-12-13-14-15-16-17-18-19-20-21-22-23-24-25-26-27-28-29-30-31-32-33-34-35-37-51(53-49-41-39-45(4)47(6)43-49)50(36-10-8-2)52-48-40-38-44(3)46(5)42-48;/h38-43H,7-37H2,1-6H3;/b52-50+,53-51+;. The third kappa shape index (κ3) is 25.4. The molecule has 0 aliphatic rings. The van der Waals surface area contributed by atoms with Gasteiger partial charge in [0.2, 0.25) is 0 Å². The number of hydrogen-bond donors (Lipinski definition) is 0. The van der Waals surface area contributed by atoms with Gasteiger partial charge in [0.25, 0.3) is 0 Å². The zero-order chi connectivity index (χ0) is 38.2. The molecule has 2 aromatic carbocycles. The molecule has 0 amide bonds. The van der Waals surface area contributed by atoms with Gasteiger partial charge in [-0.05, 0) is 99.9 Å². The van der Waals surface area contributed by atoms with Gasteiger partial charge in [-0.15, -0.1) is 0 Å². The molecular formula is C51H86N2Ni. The molecule has 0 saturated heterocycles. The van der Waals surface area contributed by atoms with E-state index in [-0.39, 0.29) is 16.5 Å². The Hall–Kier alpha value is -1.73. The first-order valence-corrected chi connectivity index (χ1v) is 23.2. The van der Waals surface area contributed by atoms with Crippen molar-refractivity contribution in [3.8, 4) is 0 Å².